The van der Waals surface area contributed by atoms with Gasteiger partial charge in [0.15, 0.2) is 0 Å². The Morgan fingerprint density at radius 3 is 2.57 bits per heavy atom. The molecule has 1 fully saturated rings. The van der Waals surface area contributed by atoms with E-state index < -0.39 is 0 Å². The molecule has 0 saturated carbocycles. The van der Waals surface area contributed by atoms with E-state index in [0.29, 0.717) is 0 Å². The molecule has 7 heteroatoms. The van der Waals surface area contributed by atoms with Crippen molar-refractivity contribution in [1.29, 1.82) is 0 Å². The van der Waals surface area contributed by atoms with Crippen molar-refractivity contribution in [2.24, 2.45) is 0 Å². The molecule has 0 unspecified atom stereocenters. The molecule has 0 bridgehead atoms. The van der Waals surface area contributed by atoms with Crippen molar-refractivity contribution in [3.8, 4) is 0 Å². The molecule has 0 amide bonds. The molecule has 2 heterocycles. The number of piperazine rings is 1. The molecular weight excluding hydrogens is 206 g/mol. The molecule has 0 aromatic carbocycles. The van der Waals surface area contributed by atoms with Crippen LogP contribution in [0.2, 0.25) is 0 Å². The molecule has 0 radical (unpaired) electrons. The van der Waals surface area contributed by atoms with Gasteiger partial charge in [-0.1, -0.05) is 0 Å². The topological polar surface area (TPSA) is 60.2 Å². The van der Waals surface area contributed by atoms with Crippen molar-refractivity contribution in [2.45, 2.75) is 0 Å². The zero-order chi connectivity index (χ0) is 9.26. The van der Waals surface area contributed by atoms with Gasteiger partial charge in [0.1, 0.15) is 5.88 Å². The summed E-state index contributed by atoms with van der Waals surface area (Å²) in [6.45, 7) is 3.89. The lowest BCUT2D eigenvalue weighted by atomic mass is 10.4. The van der Waals surface area contributed by atoms with E-state index in [1.165, 1.54) is 0 Å². The van der Waals surface area contributed by atoms with E-state index in [-0.39, 0.29) is 18.3 Å². The highest BCUT2D eigenvalue weighted by molar-refractivity contribution is 5.85. The molecule has 2 rings (SSSR count). The zero-order valence-electron chi connectivity index (χ0n) is 8.01. The first-order valence-corrected chi connectivity index (χ1v) is 4.30. The Labute approximate surface area is 88.6 Å². The number of hydrogen-bond donors (Lipinski definition) is 0. The molecule has 0 spiro atoms. The van der Waals surface area contributed by atoms with Crippen LogP contribution in [-0.2, 0) is 0 Å². The number of hydrogen-bond acceptors (Lipinski definition) is 4. The second kappa shape index (κ2) is 4.47. The molecule has 1 aromatic rings. The number of nitrogens with zero attached hydrogens (tertiary/aromatic N) is 4. The minimum absolute atomic E-state index is 0. The summed E-state index contributed by atoms with van der Waals surface area (Å²) in [7, 11) is 2.10. The van der Waals surface area contributed by atoms with Gasteiger partial charge in [0, 0.05) is 13.1 Å². The normalized spacial score (nSPS) is 17.9. The lowest BCUT2D eigenvalue weighted by Crippen LogP contribution is -2.64. The Morgan fingerprint density at radius 2 is 2.07 bits per heavy atom. The van der Waals surface area contributed by atoms with Gasteiger partial charge < -0.3 is 15.2 Å². The average Bonchev–Trinajstić information content (AvgIpc) is 2.53. The van der Waals surface area contributed by atoms with Crippen LogP contribution >= 0.6 is 12.4 Å². The summed E-state index contributed by atoms with van der Waals surface area (Å²) < 4.78 is 4.67. The summed E-state index contributed by atoms with van der Waals surface area (Å²) >= 11 is 0. The number of halogens is 1. The van der Waals surface area contributed by atoms with Gasteiger partial charge in [-0.25, -0.2) is 0 Å². The molecule has 6 nitrogen and oxygen atoms in total. The predicted molar refractivity (Wildman–Crippen MR) is 53.4 cm³/mol. The lowest BCUT2D eigenvalue weighted by molar-refractivity contribution is -0.759. The van der Waals surface area contributed by atoms with Crippen molar-refractivity contribution in [1.82, 2.24) is 10.2 Å². The molecule has 80 valence electrons. The van der Waals surface area contributed by atoms with Gasteiger partial charge in [-0.05, 0) is 7.05 Å². The SMILES string of the molecule is CN1CCN([n+]2cc([NH-])on2)CC1.Cl. The predicted octanol–water partition coefficient (Wildman–Crippen LogP) is -0.0490. The highest BCUT2D eigenvalue weighted by atomic mass is 35.5. The van der Waals surface area contributed by atoms with E-state index in [1.54, 1.807) is 11.0 Å². The maximum absolute atomic E-state index is 7.19. The number of rotatable bonds is 1. The van der Waals surface area contributed by atoms with Crippen LogP contribution in [0.4, 0.5) is 5.88 Å². The average molecular weight is 220 g/mol. The van der Waals surface area contributed by atoms with Crippen LogP contribution in [0.5, 0.6) is 0 Å². The van der Waals surface area contributed by atoms with E-state index in [0.717, 1.165) is 26.2 Å². The van der Waals surface area contributed by atoms with E-state index in [4.69, 9.17) is 5.73 Å². The first-order valence-electron chi connectivity index (χ1n) is 4.30. The molecule has 1 aliphatic heterocycles. The standard InChI is InChI=1S/C7H13N5O.ClH/c1-10-2-4-11(5-3-10)12-6-7(8)13-9-12;/h6,8H,2-5H2,1H3;1H. The Kier molecular flexibility index (Phi) is 3.54. The minimum Gasteiger partial charge on any atom is -0.660 e. The Morgan fingerprint density at radius 1 is 1.43 bits per heavy atom. The number of nitrogens with one attached hydrogen (secondary N) is 1. The second-order valence-corrected chi connectivity index (χ2v) is 3.24. The third-order valence-corrected chi connectivity index (χ3v) is 2.23. The first-order chi connectivity index (χ1) is 6.25. The summed E-state index contributed by atoms with van der Waals surface area (Å²) in [6, 6.07) is 0. The van der Waals surface area contributed by atoms with E-state index in [1.807, 2.05) is 0 Å². The largest absolute Gasteiger partial charge is 0.660 e. The minimum atomic E-state index is 0. The monoisotopic (exact) mass is 219 g/mol. The van der Waals surface area contributed by atoms with Gasteiger partial charge in [0.05, 0.1) is 17.9 Å². The van der Waals surface area contributed by atoms with Crippen LogP contribution in [-0.4, -0.2) is 43.4 Å². The van der Waals surface area contributed by atoms with Crippen molar-refractivity contribution in [3.05, 3.63) is 11.9 Å². The van der Waals surface area contributed by atoms with Crippen molar-refractivity contribution >= 4 is 18.3 Å². The van der Waals surface area contributed by atoms with Crippen LogP contribution in [0.25, 0.3) is 5.73 Å². The van der Waals surface area contributed by atoms with Crippen molar-refractivity contribution < 1.29 is 9.31 Å². The Hall–Kier alpha value is -1.01. The second-order valence-electron chi connectivity index (χ2n) is 3.24. The molecule has 1 N–H and O–H groups in total. The molecule has 14 heavy (non-hydrogen) atoms. The molecule has 1 aliphatic rings. The molecule has 0 aliphatic carbocycles. The lowest BCUT2D eigenvalue weighted by Gasteiger charge is -2.26. The third kappa shape index (κ3) is 2.27. The highest BCUT2D eigenvalue weighted by Crippen LogP contribution is 2.02. The quantitative estimate of drug-likeness (QED) is 0.622. The maximum atomic E-state index is 7.19. The fourth-order valence-electron chi connectivity index (χ4n) is 1.37. The van der Waals surface area contributed by atoms with Crippen molar-refractivity contribution in [3.63, 3.8) is 0 Å². The van der Waals surface area contributed by atoms with Crippen LogP contribution in [0.1, 0.15) is 0 Å². The van der Waals surface area contributed by atoms with Crippen molar-refractivity contribution in [2.75, 3.05) is 38.2 Å². The van der Waals surface area contributed by atoms with Crippen LogP contribution < -0.4 is 9.80 Å². The van der Waals surface area contributed by atoms with Gasteiger partial charge >= 0.3 is 0 Å². The van der Waals surface area contributed by atoms with Crippen LogP contribution in [0.15, 0.2) is 10.7 Å². The Bertz CT molecular complexity index is 283. The van der Waals surface area contributed by atoms with Gasteiger partial charge in [-0.3, -0.25) is 0 Å². The number of aromatic nitrogens is 2. The smallest absolute Gasteiger partial charge is 0.256 e. The van der Waals surface area contributed by atoms with Gasteiger partial charge in [0.25, 0.3) is 6.20 Å². The zero-order valence-corrected chi connectivity index (χ0v) is 8.83. The first kappa shape index (κ1) is 11.1. The molecule has 1 aromatic heterocycles. The van der Waals surface area contributed by atoms with E-state index >= 15 is 0 Å². The fourth-order valence-corrected chi connectivity index (χ4v) is 1.37. The van der Waals surface area contributed by atoms with Gasteiger partial charge in [-0.2, -0.15) is 5.01 Å². The van der Waals surface area contributed by atoms with Gasteiger partial charge in [-0.15, -0.1) is 12.4 Å². The summed E-state index contributed by atoms with van der Waals surface area (Å²) in [5.74, 6) is 0.0962. The highest BCUT2D eigenvalue weighted by Gasteiger charge is 2.22. The third-order valence-electron chi connectivity index (χ3n) is 2.23. The summed E-state index contributed by atoms with van der Waals surface area (Å²) in [4.78, 5) is 3.87. The van der Waals surface area contributed by atoms with Crippen LogP contribution in [0.3, 0.4) is 0 Å². The fraction of sp³-hybridized carbons (Fsp3) is 0.714. The van der Waals surface area contributed by atoms with E-state index in [2.05, 4.69) is 26.8 Å². The number of likely N-dealkylation sites (N-methyl/N-ethyl adjacent to an activating group) is 1. The molecular formula is C7H14ClN5O. The Balaban J connectivity index is 0.000000980. The summed E-state index contributed by atoms with van der Waals surface area (Å²) in [5.41, 5.74) is 7.19. The summed E-state index contributed by atoms with van der Waals surface area (Å²) in [5, 5.41) is 5.78. The summed E-state index contributed by atoms with van der Waals surface area (Å²) in [6.07, 6.45) is 1.57. The molecule has 0 atom stereocenters. The van der Waals surface area contributed by atoms with Gasteiger partial charge in [0.2, 0.25) is 5.27 Å². The molecule has 1 saturated heterocycles. The van der Waals surface area contributed by atoms with E-state index in [9.17, 15) is 0 Å². The maximum Gasteiger partial charge on any atom is 0.256 e. The van der Waals surface area contributed by atoms with Crippen LogP contribution in [0, 0.1) is 0 Å².